The van der Waals surface area contributed by atoms with Gasteiger partial charge in [-0.1, -0.05) is 30.3 Å². The van der Waals surface area contributed by atoms with Crippen LogP contribution in [0.2, 0.25) is 0 Å². The van der Waals surface area contributed by atoms with E-state index in [0.717, 1.165) is 6.42 Å². The first-order chi connectivity index (χ1) is 13.2. The second-order valence-corrected chi connectivity index (χ2v) is 6.34. The molecule has 2 aromatic heterocycles. The summed E-state index contributed by atoms with van der Waals surface area (Å²) >= 11 is 0. The van der Waals surface area contributed by atoms with Gasteiger partial charge >= 0.3 is 0 Å². The number of aromatic amines is 1. The number of aromatic nitrogens is 4. The van der Waals surface area contributed by atoms with Gasteiger partial charge in [0.25, 0.3) is 5.91 Å². The summed E-state index contributed by atoms with van der Waals surface area (Å²) in [5.74, 6) is 1.07. The molecular weight excluding hydrogens is 342 g/mol. The lowest BCUT2D eigenvalue weighted by molar-refractivity contribution is 0.0938. The maximum Gasteiger partial charge on any atom is 0.251 e. The fraction of sp³-hybridized carbons (Fsp3) is 0.200. The Hall–Kier alpha value is -3.48. The van der Waals surface area contributed by atoms with Gasteiger partial charge in [0, 0.05) is 12.0 Å². The number of benzene rings is 2. The Morgan fingerprint density at radius 1 is 1.19 bits per heavy atom. The van der Waals surface area contributed by atoms with E-state index in [1.165, 1.54) is 11.9 Å². The zero-order valence-electron chi connectivity index (χ0n) is 14.8. The second-order valence-electron chi connectivity index (χ2n) is 6.34. The average Bonchev–Trinajstić information content (AvgIpc) is 3.36. The molecule has 1 atom stereocenters. The van der Waals surface area contributed by atoms with Gasteiger partial charge in [-0.2, -0.15) is 5.10 Å². The molecular formula is C20H19N5O2. The van der Waals surface area contributed by atoms with Crippen LogP contribution in [0.3, 0.4) is 0 Å². The Kier molecular flexibility index (Phi) is 4.65. The van der Waals surface area contributed by atoms with Gasteiger partial charge in [0.1, 0.15) is 17.7 Å². The monoisotopic (exact) mass is 361 g/mol. The van der Waals surface area contributed by atoms with Gasteiger partial charge in [-0.15, -0.1) is 0 Å². The van der Waals surface area contributed by atoms with E-state index in [1.54, 1.807) is 18.2 Å². The van der Waals surface area contributed by atoms with E-state index in [2.05, 4.69) is 37.6 Å². The molecule has 0 bridgehead atoms. The van der Waals surface area contributed by atoms with Crippen molar-refractivity contribution in [2.75, 3.05) is 0 Å². The molecule has 0 fully saturated rings. The van der Waals surface area contributed by atoms with Gasteiger partial charge in [0.05, 0.1) is 6.04 Å². The van der Waals surface area contributed by atoms with Gasteiger partial charge in [-0.05, 0) is 37.1 Å². The van der Waals surface area contributed by atoms with Crippen LogP contribution in [0.1, 0.15) is 40.6 Å². The summed E-state index contributed by atoms with van der Waals surface area (Å²) in [6.45, 7) is 1.84. The number of nitrogens with zero attached hydrogens (tertiary/aromatic N) is 3. The lowest BCUT2D eigenvalue weighted by Gasteiger charge is -2.10. The lowest BCUT2D eigenvalue weighted by atomic mass is 10.1. The number of hydrogen-bond donors (Lipinski definition) is 2. The smallest absolute Gasteiger partial charge is 0.251 e. The number of rotatable bonds is 6. The first kappa shape index (κ1) is 17.0. The number of carbonyl (C=O) groups is 1. The van der Waals surface area contributed by atoms with Crippen LogP contribution in [0.15, 0.2) is 59.3 Å². The number of oxazole rings is 1. The van der Waals surface area contributed by atoms with E-state index < -0.39 is 0 Å². The van der Waals surface area contributed by atoms with E-state index in [0.29, 0.717) is 34.8 Å². The van der Waals surface area contributed by atoms with Crippen molar-refractivity contribution in [3.8, 4) is 0 Å². The third-order valence-corrected chi connectivity index (χ3v) is 4.36. The van der Waals surface area contributed by atoms with Gasteiger partial charge < -0.3 is 9.73 Å². The highest BCUT2D eigenvalue weighted by Gasteiger charge is 2.15. The van der Waals surface area contributed by atoms with Crippen molar-refractivity contribution in [1.82, 2.24) is 25.5 Å². The maximum atomic E-state index is 12.5. The predicted molar refractivity (Wildman–Crippen MR) is 100 cm³/mol. The molecule has 1 amide bonds. The molecule has 2 N–H and O–H groups in total. The first-order valence-electron chi connectivity index (χ1n) is 8.78. The van der Waals surface area contributed by atoms with E-state index in [1.807, 2.05) is 25.1 Å². The third kappa shape index (κ3) is 3.87. The molecule has 0 aliphatic heterocycles. The molecule has 0 spiro atoms. The summed E-state index contributed by atoms with van der Waals surface area (Å²) in [7, 11) is 0. The minimum Gasteiger partial charge on any atom is -0.441 e. The Balaban J connectivity index is 1.46. The van der Waals surface area contributed by atoms with Crippen molar-refractivity contribution in [1.29, 1.82) is 0 Å². The number of nitrogens with one attached hydrogen (secondary N) is 2. The van der Waals surface area contributed by atoms with Gasteiger partial charge in [-0.25, -0.2) is 9.97 Å². The molecule has 0 aliphatic carbocycles. The largest absolute Gasteiger partial charge is 0.441 e. The topological polar surface area (TPSA) is 96.7 Å². The Morgan fingerprint density at radius 3 is 2.81 bits per heavy atom. The molecule has 4 aromatic rings. The van der Waals surface area contributed by atoms with Crippen LogP contribution in [-0.4, -0.2) is 26.1 Å². The molecule has 0 aliphatic rings. The average molecular weight is 361 g/mol. The van der Waals surface area contributed by atoms with E-state index in [4.69, 9.17) is 4.42 Å². The quantitative estimate of drug-likeness (QED) is 0.550. The summed E-state index contributed by atoms with van der Waals surface area (Å²) in [4.78, 5) is 21.1. The zero-order chi connectivity index (χ0) is 18.6. The Morgan fingerprint density at radius 2 is 2.04 bits per heavy atom. The predicted octanol–water partition coefficient (Wildman–Crippen LogP) is 3.22. The second kappa shape index (κ2) is 7.41. The number of aryl methyl sites for hydroxylation is 2. The van der Waals surface area contributed by atoms with Crippen LogP contribution in [0.25, 0.3) is 11.1 Å². The SMILES string of the molecule is CC(NC(=O)c1ccc2oc(CCc3ccccc3)nc2c1)c1ncn[nH]1. The van der Waals surface area contributed by atoms with Crippen molar-refractivity contribution in [2.45, 2.75) is 25.8 Å². The number of hydrogen-bond acceptors (Lipinski definition) is 5. The Bertz CT molecular complexity index is 1040. The van der Waals surface area contributed by atoms with Crippen LogP contribution in [0.5, 0.6) is 0 Å². The molecule has 2 heterocycles. The molecule has 7 heteroatoms. The van der Waals surface area contributed by atoms with Crippen LogP contribution < -0.4 is 5.32 Å². The summed E-state index contributed by atoms with van der Waals surface area (Å²) in [5, 5.41) is 9.43. The summed E-state index contributed by atoms with van der Waals surface area (Å²) in [6, 6.07) is 15.2. The van der Waals surface area contributed by atoms with E-state index in [-0.39, 0.29) is 11.9 Å². The van der Waals surface area contributed by atoms with Crippen molar-refractivity contribution in [3.05, 3.63) is 77.7 Å². The molecule has 7 nitrogen and oxygen atoms in total. The summed E-state index contributed by atoms with van der Waals surface area (Å²) in [6.07, 6.45) is 2.98. The molecule has 27 heavy (non-hydrogen) atoms. The number of amides is 1. The zero-order valence-corrected chi connectivity index (χ0v) is 14.8. The van der Waals surface area contributed by atoms with E-state index in [9.17, 15) is 4.79 Å². The molecule has 2 aromatic carbocycles. The number of fused-ring (bicyclic) bond motifs is 1. The highest BCUT2D eigenvalue weighted by molar-refractivity contribution is 5.97. The maximum absolute atomic E-state index is 12.5. The Labute approximate surface area is 155 Å². The lowest BCUT2D eigenvalue weighted by Crippen LogP contribution is -2.27. The standard InChI is InChI=1S/C20H19N5O2/c1-13(19-21-12-22-25-19)23-20(26)15-8-9-17-16(11-15)24-18(27-17)10-7-14-5-3-2-4-6-14/h2-6,8-9,11-13H,7,10H2,1H3,(H,23,26)(H,21,22,25). The molecule has 1 unspecified atom stereocenters. The van der Waals surface area contributed by atoms with Crippen LogP contribution in [0.4, 0.5) is 0 Å². The van der Waals surface area contributed by atoms with Crippen LogP contribution in [0, 0.1) is 0 Å². The van der Waals surface area contributed by atoms with Crippen LogP contribution >= 0.6 is 0 Å². The number of H-pyrrole nitrogens is 1. The van der Waals surface area contributed by atoms with Crippen LogP contribution in [-0.2, 0) is 12.8 Å². The fourth-order valence-electron chi connectivity index (χ4n) is 2.89. The third-order valence-electron chi connectivity index (χ3n) is 4.36. The first-order valence-corrected chi connectivity index (χ1v) is 8.78. The van der Waals surface area contributed by atoms with Gasteiger partial charge in [0.15, 0.2) is 11.5 Å². The van der Waals surface area contributed by atoms with E-state index >= 15 is 0 Å². The fourth-order valence-corrected chi connectivity index (χ4v) is 2.89. The minimum absolute atomic E-state index is 0.199. The van der Waals surface area contributed by atoms with Gasteiger partial charge in [-0.3, -0.25) is 9.89 Å². The van der Waals surface area contributed by atoms with Gasteiger partial charge in [0.2, 0.25) is 0 Å². The summed E-state index contributed by atoms with van der Waals surface area (Å²) in [5.41, 5.74) is 3.12. The van der Waals surface area contributed by atoms with Crippen molar-refractivity contribution in [2.24, 2.45) is 0 Å². The highest BCUT2D eigenvalue weighted by Crippen LogP contribution is 2.19. The highest BCUT2D eigenvalue weighted by atomic mass is 16.3. The van der Waals surface area contributed by atoms with Crippen molar-refractivity contribution in [3.63, 3.8) is 0 Å². The van der Waals surface area contributed by atoms with Crippen molar-refractivity contribution < 1.29 is 9.21 Å². The normalized spacial score (nSPS) is 12.2. The molecule has 136 valence electrons. The molecule has 4 rings (SSSR count). The molecule has 0 radical (unpaired) electrons. The molecule has 0 saturated carbocycles. The van der Waals surface area contributed by atoms with Crippen molar-refractivity contribution >= 4 is 17.0 Å². The molecule has 0 saturated heterocycles. The summed E-state index contributed by atoms with van der Waals surface area (Å²) < 4.78 is 5.80. The number of carbonyl (C=O) groups excluding carboxylic acids is 1. The minimum atomic E-state index is -0.269.